The van der Waals surface area contributed by atoms with Crippen molar-refractivity contribution in [3.8, 4) is 0 Å². The molecule has 1 aromatic carbocycles. The number of carbonyl (C=O) groups excluding carboxylic acids is 3. The Bertz CT molecular complexity index is 809. The quantitative estimate of drug-likeness (QED) is 0.223. The van der Waals surface area contributed by atoms with Gasteiger partial charge in [-0.2, -0.15) is 4.99 Å². The molecule has 9 nitrogen and oxygen atoms in total. The number of aliphatic carboxylic acids is 1. The van der Waals surface area contributed by atoms with Crippen LogP contribution in [0.15, 0.2) is 23.2 Å². The Morgan fingerprint density at radius 3 is 2.27 bits per heavy atom. The molecule has 0 aliphatic carbocycles. The van der Waals surface area contributed by atoms with Crippen molar-refractivity contribution in [1.82, 2.24) is 5.32 Å². The van der Waals surface area contributed by atoms with E-state index < -0.39 is 23.8 Å². The number of guanidine groups is 1. The second-order valence-electron chi connectivity index (χ2n) is 6.55. The Labute approximate surface area is 183 Å². The summed E-state index contributed by atoms with van der Waals surface area (Å²) in [5, 5.41) is 11.6. The fourth-order valence-corrected chi connectivity index (χ4v) is 2.96. The summed E-state index contributed by atoms with van der Waals surface area (Å²) in [5.74, 6) is -2.67. The number of unbranched alkanes of at least 4 members (excludes halogenated alkanes) is 1. The third-order valence-corrected chi connectivity index (χ3v) is 4.77. The first-order chi connectivity index (χ1) is 14.1. The van der Waals surface area contributed by atoms with Gasteiger partial charge in [-0.3, -0.25) is 24.5 Å². The number of aliphatic imine (C=N–C) groups is 1. The molecule has 0 fully saturated rings. The molecule has 2 amide bonds. The van der Waals surface area contributed by atoms with Gasteiger partial charge in [0.1, 0.15) is 11.8 Å². The molecule has 30 heavy (non-hydrogen) atoms. The van der Waals surface area contributed by atoms with Crippen LogP contribution in [0, 0.1) is 0 Å². The molecule has 0 unspecified atom stereocenters. The molecule has 1 aromatic rings. The summed E-state index contributed by atoms with van der Waals surface area (Å²) in [7, 11) is 0. The highest BCUT2D eigenvalue weighted by molar-refractivity contribution is 6.36. The average molecular weight is 459 g/mol. The van der Waals surface area contributed by atoms with Crippen LogP contribution in [0.4, 0.5) is 0 Å². The van der Waals surface area contributed by atoms with Crippen LogP contribution in [0.25, 0.3) is 0 Å². The molecule has 164 valence electrons. The molecular formula is C19H24Cl2N4O5. The zero-order valence-corrected chi connectivity index (χ0v) is 17.7. The number of nitrogens with one attached hydrogen (secondary N) is 1. The van der Waals surface area contributed by atoms with Crippen LogP contribution in [-0.2, 0) is 25.6 Å². The zero-order chi connectivity index (χ0) is 22.7. The first-order valence-corrected chi connectivity index (χ1v) is 9.95. The van der Waals surface area contributed by atoms with Crippen molar-refractivity contribution in [3.05, 3.63) is 33.8 Å². The largest absolute Gasteiger partial charge is 0.480 e. The van der Waals surface area contributed by atoms with Gasteiger partial charge in [0, 0.05) is 29.3 Å². The highest BCUT2D eigenvalue weighted by Gasteiger charge is 2.14. The maximum absolute atomic E-state index is 12.0. The molecule has 6 N–H and O–H groups in total. The summed E-state index contributed by atoms with van der Waals surface area (Å²) >= 11 is 12.0. The zero-order valence-electron chi connectivity index (χ0n) is 16.2. The maximum atomic E-state index is 12.0. The Kier molecular flexibility index (Phi) is 11.0. The summed E-state index contributed by atoms with van der Waals surface area (Å²) in [4.78, 5) is 49.7. The minimum atomic E-state index is -1.15. The SMILES string of the molecule is NC(=NC(=O)CCCCC(=O)CC[C@H](N)C(=O)O)NC(=O)Cc1c(Cl)cccc1Cl. The molecule has 11 heteroatoms. The van der Waals surface area contributed by atoms with Gasteiger partial charge in [0.2, 0.25) is 17.8 Å². The number of rotatable bonds is 11. The van der Waals surface area contributed by atoms with Crippen LogP contribution >= 0.6 is 23.2 Å². The first-order valence-electron chi connectivity index (χ1n) is 9.20. The van der Waals surface area contributed by atoms with Gasteiger partial charge < -0.3 is 16.6 Å². The van der Waals surface area contributed by atoms with E-state index in [1.54, 1.807) is 18.2 Å². The number of nitrogens with zero attached hydrogens (tertiary/aromatic N) is 1. The van der Waals surface area contributed by atoms with E-state index in [9.17, 15) is 19.2 Å². The fraction of sp³-hybridized carbons (Fsp3) is 0.421. The average Bonchev–Trinajstić information content (AvgIpc) is 2.66. The van der Waals surface area contributed by atoms with Crippen LogP contribution < -0.4 is 16.8 Å². The molecule has 1 rings (SSSR count). The van der Waals surface area contributed by atoms with E-state index in [1.165, 1.54) is 0 Å². The van der Waals surface area contributed by atoms with Crippen LogP contribution in [0.3, 0.4) is 0 Å². The summed E-state index contributed by atoms with van der Waals surface area (Å²) in [6, 6.07) is 3.79. The number of hydrogen-bond acceptors (Lipinski definition) is 5. The van der Waals surface area contributed by atoms with Crippen molar-refractivity contribution in [1.29, 1.82) is 0 Å². The molecule has 0 heterocycles. The minimum Gasteiger partial charge on any atom is -0.480 e. The van der Waals surface area contributed by atoms with Crippen LogP contribution in [0.2, 0.25) is 10.0 Å². The van der Waals surface area contributed by atoms with Crippen molar-refractivity contribution in [2.75, 3.05) is 0 Å². The minimum absolute atomic E-state index is 0.0504. The third kappa shape index (κ3) is 9.82. The van der Waals surface area contributed by atoms with Gasteiger partial charge in [0.15, 0.2) is 0 Å². The van der Waals surface area contributed by atoms with Crippen molar-refractivity contribution in [3.63, 3.8) is 0 Å². The van der Waals surface area contributed by atoms with Crippen LogP contribution in [-0.4, -0.2) is 40.7 Å². The van der Waals surface area contributed by atoms with Crippen molar-refractivity contribution >= 4 is 52.7 Å². The van der Waals surface area contributed by atoms with E-state index in [0.717, 1.165) is 0 Å². The molecule has 0 bridgehead atoms. The lowest BCUT2D eigenvalue weighted by Crippen LogP contribution is -2.38. The highest BCUT2D eigenvalue weighted by atomic mass is 35.5. The van der Waals surface area contributed by atoms with E-state index in [-0.39, 0.29) is 43.8 Å². The van der Waals surface area contributed by atoms with Gasteiger partial charge in [0.05, 0.1) is 6.42 Å². The summed E-state index contributed by atoms with van der Waals surface area (Å²) in [5.41, 5.74) is 11.3. The molecule has 1 atom stereocenters. The van der Waals surface area contributed by atoms with E-state index in [4.69, 9.17) is 39.8 Å². The Hall–Kier alpha value is -2.49. The van der Waals surface area contributed by atoms with E-state index >= 15 is 0 Å². The number of carbonyl (C=O) groups is 4. The van der Waals surface area contributed by atoms with Gasteiger partial charge in [-0.25, -0.2) is 0 Å². The van der Waals surface area contributed by atoms with Crippen LogP contribution in [0.5, 0.6) is 0 Å². The predicted octanol–water partition coefficient (Wildman–Crippen LogP) is 1.82. The van der Waals surface area contributed by atoms with Gasteiger partial charge in [-0.05, 0) is 37.0 Å². The molecule has 0 aliphatic rings. The summed E-state index contributed by atoms with van der Waals surface area (Å²) < 4.78 is 0. The smallest absolute Gasteiger partial charge is 0.320 e. The standard InChI is InChI=1S/C19H24Cl2N4O5/c20-13-5-3-6-14(21)12(13)10-17(28)25-19(23)24-16(27)7-2-1-4-11(26)8-9-15(22)18(29)30/h3,5-6,15H,1-2,4,7-10,22H2,(H,29,30)(H3,23,24,25,27,28)/t15-/m0/s1. The first kappa shape index (κ1) is 25.5. The summed E-state index contributed by atoms with van der Waals surface area (Å²) in [6.45, 7) is 0. The van der Waals surface area contributed by atoms with Crippen molar-refractivity contribution in [2.24, 2.45) is 16.5 Å². The van der Waals surface area contributed by atoms with Gasteiger partial charge in [-0.15, -0.1) is 0 Å². The second-order valence-corrected chi connectivity index (χ2v) is 7.36. The number of nitrogens with two attached hydrogens (primary N) is 2. The Balaban J connectivity index is 2.33. The number of ketones is 1. The molecule has 0 saturated heterocycles. The van der Waals surface area contributed by atoms with Gasteiger partial charge >= 0.3 is 5.97 Å². The molecule has 0 saturated carbocycles. The number of halogens is 2. The Morgan fingerprint density at radius 2 is 1.67 bits per heavy atom. The molecule has 0 aromatic heterocycles. The molecule has 0 aliphatic heterocycles. The van der Waals surface area contributed by atoms with Gasteiger partial charge in [0.25, 0.3) is 0 Å². The number of hydrogen-bond donors (Lipinski definition) is 4. The van der Waals surface area contributed by atoms with Crippen molar-refractivity contribution in [2.45, 2.75) is 51.0 Å². The molecule has 0 spiro atoms. The normalized spacial score (nSPS) is 12.3. The number of benzene rings is 1. The maximum Gasteiger partial charge on any atom is 0.320 e. The molecule has 0 radical (unpaired) electrons. The topological polar surface area (TPSA) is 165 Å². The lowest BCUT2D eigenvalue weighted by molar-refractivity contribution is -0.138. The van der Waals surface area contributed by atoms with Crippen molar-refractivity contribution < 1.29 is 24.3 Å². The fourth-order valence-electron chi connectivity index (χ4n) is 2.43. The lowest BCUT2D eigenvalue weighted by atomic mass is 10.0. The predicted molar refractivity (Wildman–Crippen MR) is 113 cm³/mol. The van der Waals surface area contributed by atoms with Crippen LogP contribution in [0.1, 0.15) is 44.1 Å². The molecular weight excluding hydrogens is 435 g/mol. The second kappa shape index (κ2) is 12.9. The van der Waals surface area contributed by atoms with Gasteiger partial charge in [-0.1, -0.05) is 29.3 Å². The van der Waals surface area contributed by atoms with E-state index in [0.29, 0.717) is 28.5 Å². The number of carboxylic acids is 1. The third-order valence-electron chi connectivity index (χ3n) is 4.06. The number of amides is 2. The number of Topliss-reactive ketones (excluding diaryl/α,β-unsaturated/α-hetero) is 1. The highest BCUT2D eigenvalue weighted by Crippen LogP contribution is 2.24. The van der Waals surface area contributed by atoms with E-state index in [1.807, 2.05) is 0 Å². The lowest BCUT2D eigenvalue weighted by Gasteiger charge is -2.07. The number of carboxylic acid groups (broad SMARTS) is 1. The van der Waals surface area contributed by atoms with E-state index in [2.05, 4.69) is 10.3 Å². The monoisotopic (exact) mass is 458 g/mol. The Morgan fingerprint density at radius 1 is 1.07 bits per heavy atom. The summed E-state index contributed by atoms with van der Waals surface area (Å²) in [6.07, 6.45) is 1.13.